The van der Waals surface area contributed by atoms with Gasteiger partial charge in [0.25, 0.3) is 0 Å². The molecule has 0 aromatic carbocycles. The van der Waals surface area contributed by atoms with Crippen LogP contribution in [0.2, 0.25) is 5.15 Å². The van der Waals surface area contributed by atoms with Crippen molar-refractivity contribution in [1.29, 1.82) is 0 Å². The molecule has 1 aromatic rings. The van der Waals surface area contributed by atoms with Crippen LogP contribution < -0.4 is 5.32 Å². The number of hydrogen-bond donors (Lipinski definition) is 1. The third-order valence-corrected chi connectivity index (χ3v) is 2.90. The first-order valence-electron chi connectivity index (χ1n) is 5.21. The quantitative estimate of drug-likeness (QED) is 0.758. The lowest BCUT2D eigenvalue weighted by atomic mass is 9.98. The van der Waals surface area contributed by atoms with Crippen molar-refractivity contribution in [1.82, 2.24) is 4.98 Å². The molecular formula is C11H15ClN2. The molecule has 0 aliphatic carbocycles. The van der Waals surface area contributed by atoms with Crippen molar-refractivity contribution in [3.8, 4) is 0 Å². The molecular weight excluding hydrogens is 196 g/mol. The van der Waals surface area contributed by atoms with Crippen molar-refractivity contribution in [3.05, 3.63) is 22.8 Å². The summed E-state index contributed by atoms with van der Waals surface area (Å²) < 4.78 is 0. The first kappa shape index (κ1) is 9.78. The molecule has 1 aromatic heterocycles. The molecule has 0 bridgehead atoms. The summed E-state index contributed by atoms with van der Waals surface area (Å²) in [6.07, 6.45) is 4.77. The van der Waals surface area contributed by atoms with Gasteiger partial charge in [0.2, 0.25) is 0 Å². The Morgan fingerprint density at radius 2 is 2.43 bits per heavy atom. The fourth-order valence-electron chi connectivity index (χ4n) is 1.95. The predicted molar refractivity (Wildman–Crippen MR) is 59.9 cm³/mol. The number of aromatic nitrogens is 1. The van der Waals surface area contributed by atoms with Gasteiger partial charge >= 0.3 is 0 Å². The first-order valence-corrected chi connectivity index (χ1v) is 5.59. The molecule has 0 fully saturated rings. The van der Waals surface area contributed by atoms with Crippen LogP contribution in [0.25, 0.3) is 0 Å². The third kappa shape index (κ3) is 2.01. The summed E-state index contributed by atoms with van der Waals surface area (Å²) in [7, 11) is 0. The molecule has 76 valence electrons. The van der Waals surface area contributed by atoms with E-state index in [2.05, 4.69) is 23.3 Å². The van der Waals surface area contributed by atoms with E-state index < -0.39 is 0 Å². The van der Waals surface area contributed by atoms with Crippen molar-refractivity contribution in [3.63, 3.8) is 0 Å². The Balaban J connectivity index is 2.16. The predicted octanol–water partition coefficient (Wildman–Crippen LogP) is 3.26. The number of fused-ring (bicyclic) bond motifs is 1. The van der Waals surface area contributed by atoms with Crippen LogP contribution in [0.1, 0.15) is 31.7 Å². The number of rotatable bonds is 2. The molecule has 2 rings (SSSR count). The van der Waals surface area contributed by atoms with Gasteiger partial charge in [-0.3, -0.25) is 0 Å². The average molecular weight is 211 g/mol. The van der Waals surface area contributed by atoms with Crippen molar-refractivity contribution >= 4 is 17.4 Å². The number of pyridine rings is 1. The van der Waals surface area contributed by atoms with Gasteiger partial charge in [0.05, 0.1) is 0 Å². The highest BCUT2D eigenvalue weighted by atomic mass is 35.5. The smallest absolute Gasteiger partial charge is 0.131 e. The molecule has 0 saturated carbocycles. The molecule has 14 heavy (non-hydrogen) atoms. The van der Waals surface area contributed by atoms with Crippen LogP contribution >= 0.6 is 11.6 Å². The van der Waals surface area contributed by atoms with E-state index in [4.69, 9.17) is 11.6 Å². The number of nitrogens with zero attached hydrogens (tertiary/aromatic N) is 1. The fraction of sp³-hybridized carbons (Fsp3) is 0.545. The van der Waals surface area contributed by atoms with Crippen LogP contribution in [-0.2, 0) is 6.42 Å². The Hall–Kier alpha value is -0.760. The average Bonchev–Trinajstić information content (AvgIpc) is 2.17. The minimum Gasteiger partial charge on any atom is -0.367 e. The lowest BCUT2D eigenvalue weighted by Crippen LogP contribution is -2.25. The summed E-state index contributed by atoms with van der Waals surface area (Å²) in [6.45, 7) is 2.21. The standard InChI is InChI=1S/C11H15ClN2/c1-2-3-9-6-4-8-5-7-10(12)14-11(8)13-9/h5,7,9H,2-4,6H2,1H3,(H,13,14)/t9-/m0/s1. The van der Waals surface area contributed by atoms with Crippen LogP contribution in [0, 0.1) is 0 Å². The van der Waals surface area contributed by atoms with E-state index in [1.54, 1.807) is 0 Å². The van der Waals surface area contributed by atoms with Crippen molar-refractivity contribution < 1.29 is 0 Å². The van der Waals surface area contributed by atoms with Gasteiger partial charge in [0.15, 0.2) is 0 Å². The minimum atomic E-state index is 0.577. The number of nitrogens with one attached hydrogen (secondary N) is 1. The maximum Gasteiger partial charge on any atom is 0.131 e. The van der Waals surface area contributed by atoms with E-state index in [-0.39, 0.29) is 0 Å². The number of halogens is 1. The van der Waals surface area contributed by atoms with Crippen molar-refractivity contribution in [2.45, 2.75) is 38.6 Å². The Labute approximate surface area is 89.7 Å². The molecule has 0 radical (unpaired) electrons. The van der Waals surface area contributed by atoms with E-state index in [1.165, 1.54) is 24.8 Å². The monoisotopic (exact) mass is 210 g/mol. The lowest BCUT2D eigenvalue weighted by molar-refractivity contribution is 0.575. The zero-order valence-electron chi connectivity index (χ0n) is 8.39. The van der Waals surface area contributed by atoms with Gasteiger partial charge in [-0.05, 0) is 30.9 Å². The van der Waals surface area contributed by atoms with Crippen LogP contribution in [0.15, 0.2) is 12.1 Å². The van der Waals surface area contributed by atoms with E-state index in [9.17, 15) is 0 Å². The SMILES string of the molecule is CCC[C@H]1CCc2ccc(Cl)nc2N1. The number of aryl methyl sites for hydroxylation is 1. The number of anilines is 1. The maximum absolute atomic E-state index is 5.85. The molecule has 2 heterocycles. The van der Waals surface area contributed by atoms with E-state index in [0.29, 0.717) is 11.2 Å². The van der Waals surface area contributed by atoms with Gasteiger partial charge in [0, 0.05) is 6.04 Å². The molecule has 0 saturated heterocycles. The number of hydrogen-bond acceptors (Lipinski definition) is 2. The molecule has 3 heteroatoms. The topological polar surface area (TPSA) is 24.9 Å². The van der Waals surface area contributed by atoms with Gasteiger partial charge in [-0.25, -0.2) is 4.98 Å². The molecule has 2 nitrogen and oxygen atoms in total. The summed E-state index contributed by atoms with van der Waals surface area (Å²) >= 11 is 5.85. The maximum atomic E-state index is 5.85. The van der Waals surface area contributed by atoms with E-state index >= 15 is 0 Å². The Morgan fingerprint density at radius 1 is 1.57 bits per heavy atom. The van der Waals surface area contributed by atoms with Gasteiger partial charge < -0.3 is 5.32 Å². The largest absolute Gasteiger partial charge is 0.367 e. The van der Waals surface area contributed by atoms with Crippen LogP contribution in [0.5, 0.6) is 0 Å². The molecule has 0 amide bonds. The van der Waals surface area contributed by atoms with Crippen LogP contribution in [0.3, 0.4) is 0 Å². The first-order chi connectivity index (χ1) is 6.79. The Bertz CT molecular complexity index is 325. The van der Waals surface area contributed by atoms with Crippen molar-refractivity contribution in [2.75, 3.05) is 5.32 Å². The Kier molecular flexibility index (Phi) is 2.92. The molecule has 1 N–H and O–H groups in total. The van der Waals surface area contributed by atoms with Gasteiger partial charge in [-0.15, -0.1) is 0 Å². The highest BCUT2D eigenvalue weighted by Gasteiger charge is 2.17. The van der Waals surface area contributed by atoms with E-state index in [1.807, 2.05) is 6.07 Å². The van der Waals surface area contributed by atoms with E-state index in [0.717, 1.165) is 12.2 Å². The molecule has 0 unspecified atom stereocenters. The van der Waals surface area contributed by atoms with Crippen LogP contribution in [-0.4, -0.2) is 11.0 Å². The molecule has 1 aliphatic rings. The Morgan fingerprint density at radius 3 is 3.21 bits per heavy atom. The summed E-state index contributed by atoms with van der Waals surface area (Å²) in [6, 6.07) is 4.51. The third-order valence-electron chi connectivity index (χ3n) is 2.68. The van der Waals surface area contributed by atoms with Gasteiger partial charge in [-0.2, -0.15) is 0 Å². The second-order valence-electron chi connectivity index (χ2n) is 3.81. The highest BCUT2D eigenvalue weighted by Crippen LogP contribution is 2.25. The normalized spacial score (nSPS) is 20.0. The molecule has 0 spiro atoms. The summed E-state index contributed by atoms with van der Waals surface area (Å²) in [5.41, 5.74) is 1.29. The second kappa shape index (κ2) is 4.18. The molecule has 1 aliphatic heterocycles. The summed E-state index contributed by atoms with van der Waals surface area (Å²) in [4.78, 5) is 4.30. The second-order valence-corrected chi connectivity index (χ2v) is 4.20. The van der Waals surface area contributed by atoms with Gasteiger partial charge in [-0.1, -0.05) is 31.0 Å². The highest BCUT2D eigenvalue weighted by molar-refractivity contribution is 6.29. The van der Waals surface area contributed by atoms with Gasteiger partial charge in [0.1, 0.15) is 11.0 Å². The summed E-state index contributed by atoms with van der Waals surface area (Å²) in [5.74, 6) is 0.988. The van der Waals surface area contributed by atoms with Crippen LogP contribution in [0.4, 0.5) is 5.82 Å². The molecule has 1 atom stereocenters. The minimum absolute atomic E-state index is 0.577. The summed E-state index contributed by atoms with van der Waals surface area (Å²) in [5, 5.41) is 4.02. The zero-order valence-corrected chi connectivity index (χ0v) is 9.14. The fourth-order valence-corrected chi connectivity index (χ4v) is 2.10. The lowest BCUT2D eigenvalue weighted by Gasteiger charge is -2.25. The zero-order chi connectivity index (χ0) is 9.97. The van der Waals surface area contributed by atoms with Crippen molar-refractivity contribution in [2.24, 2.45) is 0 Å².